The smallest absolute Gasteiger partial charge is 0.151 e. The van der Waals surface area contributed by atoms with Crippen LogP contribution in [0.5, 0.6) is 0 Å². The summed E-state index contributed by atoms with van der Waals surface area (Å²) in [5.41, 5.74) is 6.07. The number of nitrogens with zero attached hydrogens (tertiary/aromatic N) is 1. The lowest BCUT2D eigenvalue weighted by molar-refractivity contribution is 0.102. The fourth-order valence-electron chi connectivity index (χ4n) is 2.91. The van der Waals surface area contributed by atoms with Crippen LogP contribution in [0, 0.1) is 5.82 Å². The highest BCUT2D eigenvalue weighted by molar-refractivity contribution is 7.91. The normalized spacial score (nSPS) is 24.1. The van der Waals surface area contributed by atoms with Gasteiger partial charge in [-0.15, -0.1) is 0 Å². The van der Waals surface area contributed by atoms with Crippen LogP contribution < -0.4 is 5.73 Å². The summed E-state index contributed by atoms with van der Waals surface area (Å²) < 4.78 is 37.2. The molecule has 0 amide bonds. The topological polar surface area (TPSA) is 63.4 Å². The summed E-state index contributed by atoms with van der Waals surface area (Å²) >= 11 is 0. The van der Waals surface area contributed by atoms with Gasteiger partial charge in [0.25, 0.3) is 0 Å². The van der Waals surface area contributed by atoms with Crippen LogP contribution >= 0.6 is 0 Å². The molecule has 2 rings (SSSR count). The molecule has 0 aromatic heterocycles. The zero-order valence-electron chi connectivity index (χ0n) is 12.5. The SMILES string of the molecule is CN(C1CCS(=O)(=O)C1)C(C)(CN)Cc1ccccc1F. The Balaban J connectivity index is 2.19. The van der Waals surface area contributed by atoms with Gasteiger partial charge in [-0.25, -0.2) is 12.8 Å². The van der Waals surface area contributed by atoms with Crippen LogP contribution in [0.25, 0.3) is 0 Å². The number of hydrogen-bond donors (Lipinski definition) is 1. The molecule has 1 fully saturated rings. The van der Waals surface area contributed by atoms with Crippen molar-refractivity contribution < 1.29 is 12.8 Å². The zero-order chi connectivity index (χ0) is 15.7. The summed E-state index contributed by atoms with van der Waals surface area (Å²) in [4.78, 5) is 2.02. The number of nitrogens with two attached hydrogens (primary N) is 1. The second kappa shape index (κ2) is 6.02. The molecule has 1 aliphatic rings. The maximum atomic E-state index is 13.9. The largest absolute Gasteiger partial charge is 0.329 e. The highest BCUT2D eigenvalue weighted by Crippen LogP contribution is 2.27. The maximum Gasteiger partial charge on any atom is 0.151 e. The summed E-state index contributed by atoms with van der Waals surface area (Å²) in [7, 11) is -1.06. The third kappa shape index (κ3) is 3.62. The predicted octanol–water partition coefficient (Wildman–Crippen LogP) is 1.20. The van der Waals surface area contributed by atoms with Gasteiger partial charge in [-0.05, 0) is 38.4 Å². The Morgan fingerprint density at radius 1 is 1.43 bits per heavy atom. The Labute approximate surface area is 126 Å². The molecule has 4 nitrogen and oxygen atoms in total. The Kier molecular flexibility index (Phi) is 4.70. The van der Waals surface area contributed by atoms with Gasteiger partial charge < -0.3 is 5.73 Å². The summed E-state index contributed by atoms with van der Waals surface area (Å²) in [5, 5.41) is 0. The molecule has 2 unspecified atom stereocenters. The lowest BCUT2D eigenvalue weighted by atomic mass is 9.89. The summed E-state index contributed by atoms with van der Waals surface area (Å²) in [5.74, 6) is 0.142. The first-order valence-corrected chi connectivity index (χ1v) is 8.96. The molecule has 1 heterocycles. The molecule has 2 N–H and O–H groups in total. The minimum Gasteiger partial charge on any atom is -0.329 e. The van der Waals surface area contributed by atoms with E-state index in [1.165, 1.54) is 6.07 Å². The maximum absolute atomic E-state index is 13.9. The number of hydrogen-bond acceptors (Lipinski definition) is 4. The molecule has 1 aliphatic heterocycles. The Morgan fingerprint density at radius 3 is 2.62 bits per heavy atom. The molecule has 1 aromatic carbocycles. The zero-order valence-corrected chi connectivity index (χ0v) is 13.4. The van der Waals surface area contributed by atoms with E-state index in [1.807, 2.05) is 18.9 Å². The fourth-order valence-corrected chi connectivity index (χ4v) is 4.69. The molecule has 0 aliphatic carbocycles. The van der Waals surface area contributed by atoms with Crippen molar-refractivity contribution in [3.63, 3.8) is 0 Å². The van der Waals surface area contributed by atoms with Crippen molar-refractivity contribution in [2.24, 2.45) is 5.73 Å². The molecular formula is C15H23FN2O2S. The second-order valence-corrected chi connectivity index (χ2v) is 8.37. The lowest BCUT2D eigenvalue weighted by Gasteiger charge is -2.41. The van der Waals surface area contributed by atoms with Gasteiger partial charge in [0.05, 0.1) is 11.5 Å². The third-order valence-corrected chi connectivity index (χ3v) is 6.33. The van der Waals surface area contributed by atoms with Gasteiger partial charge >= 0.3 is 0 Å². The summed E-state index contributed by atoms with van der Waals surface area (Å²) in [6.07, 6.45) is 1.08. The Bertz CT molecular complexity index is 605. The number of sulfone groups is 1. The molecule has 21 heavy (non-hydrogen) atoms. The highest BCUT2D eigenvalue weighted by atomic mass is 32.2. The molecule has 0 radical (unpaired) electrons. The van der Waals surface area contributed by atoms with Crippen molar-refractivity contribution in [3.05, 3.63) is 35.6 Å². The first kappa shape index (κ1) is 16.4. The molecule has 0 spiro atoms. The lowest BCUT2D eigenvalue weighted by Crippen LogP contribution is -2.55. The minimum absolute atomic E-state index is 0.0460. The number of halogens is 1. The van der Waals surface area contributed by atoms with E-state index in [4.69, 9.17) is 5.73 Å². The van der Waals surface area contributed by atoms with Crippen LogP contribution in [0.2, 0.25) is 0 Å². The van der Waals surface area contributed by atoms with Gasteiger partial charge in [-0.3, -0.25) is 4.90 Å². The first-order chi connectivity index (χ1) is 9.77. The van der Waals surface area contributed by atoms with Crippen molar-refractivity contribution in [2.45, 2.75) is 31.3 Å². The monoisotopic (exact) mass is 314 g/mol. The highest BCUT2D eigenvalue weighted by Gasteiger charge is 2.38. The van der Waals surface area contributed by atoms with Crippen LogP contribution in [0.4, 0.5) is 4.39 Å². The van der Waals surface area contributed by atoms with Gasteiger partial charge in [0, 0.05) is 18.1 Å². The number of benzene rings is 1. The summed E-state index contributed by atoms with van der Waals surface area (Å²) in [6.45, 7) is 2.30. The second-order valence-electron chi connectivity index (χ2n) is 6.14. The van der Waals surface area contributed by atoms with Crippen LogP contribution in [-0.4, -0.2) is 50.0 Å². The fraction of sp³-hybridized carbons (Fsp3) is 0.600. The van der Waals surface area contributed by atoms with Gasteiger partial charge in [0.2, 0.25) is 0 Å². The van der Waals surface area contributed by atoms with E-state index in [0.717, 1.165) is 0 Å². The molecule has 2 atom stereocenters. The van der Waals surface area contributed by atoms with Crippen LogP contribution in [0.1, 0.15) is 18.9 Å². The molecule has 1 aromatic rings. The molecule has 0 bridgehead atoms. The molecule has 6 heteroatoms. The number of likely N-dealkylation sites (N-methyl/N-ethyl adjacent to an activating group) is 1. The quantitative estimate of drug-likeness (QED) is 0.887. The van der Waals surface area contributed by atoms with E-state index in [-0.39, 0.29) is 23.4 Å². The number of rotatable bonds is 5. The first-order valence-electron chi connectivity index (χ1n) is 7.14. The van der Waals surface area contributed by atoms with E-state index in [2.05, 4.69) is 0 Å². The minimum atomic E-state index is -2.95. The van der Waals surface area contributed by atoms with Gasteiger partial charge in [0.15, 0.2) is 9.84 Å². The average molecular weight is 314 g/mol. The Hall–Kier alpha value is -0.980. The predicted molar refractivity (Wildman–Crippen MR) is 82.4 cm³/mol. The molecular weight excluding hydrogens is 291 g/mol. The molecule has 0 saturated carbocycles. The average Bonchev–Trinajstić information content (AvgIpc) is 2.80. The molecule has 1 saturated heterocycles. The van der Waals surface area contributed by atoms with E-state index in [1.54, 1.807) is 18.2 Å². The molecule has 118 valence electrons. The van der Waals surface area contributed by atoms with Crippen molar-refractivity contribution in [1.29, 1.82) is 0 Å². The van der Waals surface area contributed by atoms with E-state index < -0.39 is 15.4 Å². The van der Waals surface area contributed by atoms with E-state index >= 15 is 0 Å². The van der Waals surface area contributed by atoms with E-state index in [9.17, 15) is 12.8 Å². The van der Waals surface area contributed by atoms with E-state index in [0.29, 0.717) is 24.9 Å². The van der Waals surface area contributed by atoms with Gasteiger partial charge in [0.1, 0.15) is 5.82 Å². The third-order valence-electron chi connectivity index (χ3n) is 4.58. The van der Waals surface area contributed by atoms with Gasteiger partial charge in [-0.2, -0.15) is 0 Å². The van der Waals surface area contributed by atoms with Crippen molar-refractivity contribution in [2.75, 3.05) is 25.1 Å². The van der Waals surface area contributed by atoms with Crippen LogP contribution in [-0.2, 0) is 16.3 Å². The van der Waals surface area contributed by atoms with Crippen molar-refractivity contribution in [3.8, 4) is 0 Å². The summed E-state index contributed by atoms with van der Waals surface area (Å²) in [6, 6.07) is 6.60. The standard InChI is InChI=1S/C15H23FN2O2S/c1-15(11-17,9-12-5-3-4-6-14(12)16)18(2)13-7-8-21(19,20)10-13/h3-6,13H,7-11,17H2,1-2H3. The van der Waals surface area contributed by atoms with Crippen LogP contribution in [0.3, 0.4) is 0 Å². The Morgan fingerprint density at radius 2 is 2.10 bits per heavy atom. The van der Waals surface area contributed by atoms with Crippen molar-refractivity contribution >= 4 is 9.84 Å². The van der Waals surface area contributed by atoms with Crippen molar-refractivity contribution in [1.82, 2.24) is 4.90 Å². The van der Waals surface area contributed by atoms with Crippen LogP contribution in [0.15, 0.2) is 24.3 Å². The van der Waals surface area contributed by atoms with Gasteiger partial charge in [-0.1, -0.05) is 18.2 Å².